The molecule has 1 saturated heterocycles. The second-order valence-electron chi connectivity index (χ2n) is 4.14. The summed E-state index contributed by atoms with van der Waals surface area (Å²) in [6.45, 7) is 0.634. The van der Waals surface area contributed by atoms with Crippen LogP contribution in [0.1, 0.15) is 12.1 Å². The normalized spacial score (nSPS) is 24.2. The Labute approximate surface area is 101 Å². The molecule has 2 rings (SSSR count). The van der Waals surface area contributed by atoms with Gasteiger partial charge in [-0.1, -0.05) is 0 Å². The first-order valence-corrected chi connectivity index (χ1v) is 5.33. The standard InChI is InChI=1S/C10H12F3N3O2/c11-10(12,13)7-1-3-14-8(16-7)15-5-9(17)2-4-18-6-9/h1,3,17H,2,4-6H2,(H,14,15,16). The summed E-state index contributed by atoms with van der Waals surface area (Å²) >= 11 is 0. The third kappa shape index (κ3) is 3.08. The van der Waals surface area contributed by atoms with Gasteiger partial charge >= 0.3 is 6.18 Å². The highest BCUT2D eigenvalue weighted by atomic mass is 19.4. The summed E-state index contributed by atoms with van der Waals surface area (Å²) in [6.07, 6.45) is -3.06. The van der Waals surface area contributed by atoms with Crippen molar-refractivity contribution in [1.29, 1.82) is 0 Å². The number of hydrogen-bond acceptors (Lipinski definition) is 5. The second kappa shape index (κ2) is 4.69. The molecule has 1 aromatic rings. The first-order valence-electron chi connectivity index (χ1n) is 5.33. The molecule has 1 aromatic heterocycles. The summed E-state index contributed by atoms with van der Waals surface area (Å²) in [6, 6.07) is 0.790. The molecule has 1 aliphatic rings. The number of halogens is 3. The summed E-state index contributed by atoms with van der Waals surface area (Å²) in [5.41, 5.74) is -2.09. The van der Waals surface area contributed by atoms with E-state index in [1.54, 1.807) is 0 Å². The Bertz CT molecular complexity index is 419. The minimum absolute atomic E-state index is 0.0499. The molecule has 0 amide bonds. The zero-order valence-electron chi connectivity index (χ0n) is 9.37. The number of aromatic nitrogens is 2. The highest BCUT2D eigenvalue weighted by Crippen LogP contribution is 2.27. The van der Waals surface area contributed by atoms with Crippen LogP contribution in [0.4, 0.5) is 19.1 Å². The van der Waals surface area contributed by atoms with E-state index in [2.05, 4.69) is 15.3 Å². The van der Waals surface area contributed by atoms with Crippen molar-refractivity contribution in [3.63, 3.8) is 0 Å². The maximum atomic E-state index is 12.4. The van der Waals surface area contributed by atoms with E-state index in [0.29, 0.717) is 13.0 Å². The van der Waals surface area contributed by atoms with Crippen molar-refractivity contribution >= 4 is 5.95 Å². The number of aliphatic hydroxyl groups is 1. The van der Waals surface area contributed by atoms with Crippen molar-refractivity contribution in [2.45, 2.75) is 18.2 Å². The minimum atomic E-state index is -4.51. The average molecular weight is 263 g/mol. The van der Waals surface area contributed by atoms with Gasteiger partial charge in [-0.05, 0) is 6.07 Å². The van der Waals surface area contributed by atoms with Crippen molar-refractivity contribution in [1.82, 2.24) is 9.97 Å². The molecule has 8 heteroatoms. The van der Waals surface area contributed by atoms with Crippen LogP contribution >= 0.6 is 0 Å². The van der Waals surface area contributed by atoms with Crippen LogP contribution in [-0.4, -0.2) is 40.4 Å². The third-order valence-corrected chi connectivity index (χ3v) is 2.60. The lowest BCUT2D eigenvalue weighted by Gasteiger charge is -2.20. The van der Waals surface area contributed by atoms with Gasteiger partial charge in [0.05, 0.1) is 6.61 Å². The molecule has 18 heavy (non-hydrogen) atoms. The van der Waals surface area contributed by atoms with Crippen molar-refractivity contribution in [2.24, 2.45) is 0 Å². The Kier molecular flexibility index (Phi) is 3.40. The van der Waals surface area contributed by atoms with Crippen LogP contribution < -0.4 is 5.32 Å². The molecule has 2 N–H and O–H groups in total. The van der Waals surface area contributed by atoms with E-state index in [0.717, 1.165) is 12.3 Å². The van der Waals surface area contributed by atoms with Gasteiger partial charge in [-0.2, -0.15) is 13.2 Å². The Morgan fingerprint density at radius 3 is 2.89 bits per heavy atom. The largest absolute Gasteiger partial charge is 0.433 e. The van der Waals surface area contributed by atoms with Crippen molar-refractivity contribution < 1.29 is 23.0 Å². The molecule has 0 aromatic carbocycles. The van der Waals surface area contributed by atoms with Crippen LogP contribution in [0, 0.1) is 0 Å². The number of hydrogen-bond donors (Lipinski definition) is 2. The van der Waals surface area contributed by atoms with Crippen molar-refractivity contribution in [3.8, 4) is 0 Å². The Balaban J connectivity index is 2.01. The second-order valence-corrected chi connectivity index (χ2v) is 4.14. The lowest BCUT2D eigenvalue weighted by Crippen LogP contribution is -2.37. The molecule has 5 nitrogen and oxygen atoms in total. The lowest BCUT2D eigenvalue weighted by molar-refractivity contribution is -0.141. The first kappa shape index (κ1) is 13.0. The first-order chi connectivity index (χ1) is 8.39. The summed E-state index contributed by atoms with van der Waals surface area (Å²) in [5.74, 6) is -0.162. The topological polar surface area (TPSA) is 67.3 Å². The maximum absolute atomic E-state index is 12.4. The molecule has 1 unspecified atom stereocenters. The monoisotopic (exact) mass is 263 g/mol. The Morgan fingerprint density at radius 2 is 2.28 bits per heavy atom. The number of rotatable bonds is 3. The SMILES string of the molecule is OC1(CNc2nccc(C(F)(F)F)n2)CCOC1. The van der Waals surface area contributed by atoms with Gasteiger partial charge in [0, 0.05) is 25.8 Å². The minimum Gasteiger partial charge on any atom is -0.386 e. The van der Waals surface area contributed by atoms with E-state index in [-0.39, 0.29) is 19.1 Å². The van der Waals surface area contributed by atoms with Gasteiger partial charge in [-0.25, -0.2) is 9.97 Å². The Hall–Kier alpha value is -1.41. The number of alkyl halides is 3. The summed E-state index contributed by atoms with van der Waals surface area (Å²) in [5, 5.41) is 12.5. The van der Waals surface area contributed by atoms with Gasteiger partial charge in [-0.15, -0.1) is 0 Å². The zero-order valence-corrected chi connectivity index (χ0v) is 9.37. The van der Waals surface area contributed by atoms with E-state index < -0.39 is 17.5 Å². The van der Waals surface area contributed by atoms with Gasteiger partial charge < -0.3 is 15.2 Å². The predicted molar refractivity (Wildman–Crippen MR) is 55.9 cm³/mol. The van der Waals surface area contributed by atoms with Gasteiger partial charge in [0.25, 0.3) is 0 Å². The van der Waals surface area contributed by atoms with Gasteiger partial charge in [0.15, 0.2) is 0 Å². The van der Waals surface area contributed by atoms with E-state index in [9.17, 15) is 18.3 Å². The van der Waals surface area contributed by atoms with E-state index >= 15 is 0 Å². The highest BCUT2D eigenvalue weighted by Gasteiger charge is 2.34. The molecule has 100 valence electrons. The molecule has 1 atom stereocenters. The van der Waals surface area contributed by atoms with Gasteiger partial charge in [-0.3, -0.25) is 0 Å². The molecule has 0 radical (unpaired) electrons. The fourth-order valence-electron chi connectivity index (χ4n) is 1.58. The fourth-order valence-corrected chi connectivity index (χ4v) is 1.58. The van der Waals surface area contributed by atoms with Crippen molar-refractivity contribution in [2.75, 3.05) is 25.1 Å². The molecule has 1 aliphatic heterocycles. The fraction of sp³-hybridized carbons (Fsp3) is 0.600. The Morgan fingerprint density at radius 1 is 1.50 bits per heavy atom. The van der Waals surface area contributed by atoms with E-state index in [4.69, 9.17) is 4.74 Å². The number of nitrogens with one attached hydrogen (secondary N) is 1. The molecule has 0 saturated carbocycles. The van der Waals surface area contributed by atoms with E-state index in [1.807, 2.05) is 0 Å². The van der Waals surface area contributed by atoms with Crippen molar-refractivity contribution in [3.05, 3.63) is 18.0 Å². The predicted octanol–water partition coefficient (Wildman–Crippen LogP) is 1.06. The molecule has 0 spiro atoms. The molecule has 0 bridgehead atoms. The van der Waals surface area contributed by atoms with Crippen LogP contribution in [0.2, 0.25) is 0 Å². The van der Waals surface area contributed by atoms with Crippen LogP contribution in [-0.2, 0) is 10.9 Å². The molecule has 1 fully saturated rings. The zero-order chi connectivity index (χ0) is 13.2. The lowest BCUT2D eigenvalue weighted by atomic mass is 10.0. The molecule has 0 aliphatic carbocycles. The third-order valence-electron chi connectivity index (χ3n) is 2.60. The highest BCUT2D eigenvalue weighted by molar-refractivity contribution is 5.27. The number of anilines is 1. The number of nitrogens with zero attached hydrogens (tertiary/aromatic N) is 2. The van der Waals surface area contributed by atoms with Crippen LogP contribution in [0.25, 0.3) is 0 Å². The molecule has 2 heterocycles. The van der Waals surface area contributed by atoms with Crippen LogP contribution in [0.5, 0.6) is 0 Å². The smallest absolute Gasteiger partial charge is 0.386 e. The van der Waals surface area contributed by atoms with Crippen LogP contribution in [0.3, 0.4) is 0 Å². The maximum Gasteiger partial charge on any atom is 0.433 e. The molecular weight excluding hydrogens is 251 g/mol. The number of ether oxygens (including phenoxy) is 1. The van der Waals surface area contributed by atoms with Gasteiger partial charge in [0.2, 0.25) is 5.95 Å². The quantitative estimate of drug-likeness (QED) is 0.853. The van der Waals surface area contributed by atoms with E-state index in [1.165, 1.54) is 0 Å². The summed E-state index contributed by atoms with van der Waals surface area (Å²) in [7, 11) is 0. The summed E-state index contributed by atoms with van der Waals surface area (Å²) < 4.78 is 42.2. The molecular formula is C10H12F3N3O2. The van der Waals surface area contributed by atoms with Gasteiger partial charge in [0.1, 0.15) is 11.3 Å². The van der Waals surface area contributed by atoms with Crippen LogP contribution in [0.15, 0.2) is 12.3 Å². The average Bonchev–Trinajstić information content (AvgIpc) is 2.74. The summed E-state index contributed by atoms with van der Waals surface area (Å²) in [4.78, 5) is 7.01.